The predicted molar refractivity (Wildman–Crippen MR) is 60.4 cm³/mol. The second-order valence-corrected chi connectivity index (χ2v) is 3.26. The quantitative estimate of drug-likeness (QED) is 0.478. The molecule has 0 aliphatic heterocycles. The molecule has 1 aromatic carbocycles. The number of nitrogens with one attached hydrogen (secondary N) is 1. The second kappa shape index (κ2) is 5.06. The van der Waals surface area contributed by atoms with Gasteiger partial charge in [0.15, 0.2) is 0 Å². The average molecular weight is 220 g/mol. The van der Waals surface area contributed by atoms with Crippen molar-refractivity contribution in [2.45, 2.75) is 6.92 Å². The van der Waals surface area contributed by atoms with Gasteiger partial charge in [0.2, 0.25) is 0 Å². The lowest BCUT2D eigenvalue weighted by molar-refractivity contribution is -0.385. The molecule has 1 rings (SSSR count). The average Bonchev–Trinajstić information content (AvgIpc) is 2.26. The van der Waals surface area contributed by atoms with Crippen LogP contribution in [0.25, 0.3) is 0 Å². The fourth-order valence-electron chi connectivity index (χ4n) is 1.21. The van der Waals surface area contributed by atoms with Gasteiger partial charge in [-0.15, -0.1) is 6.58 Å². The van der Waals surface area contributed by atoms with Crippen LogP contribution < -0.4 is 5.32 Å². The maximum Gasteiger partial charge on any atom is 0.273 e. The summed E-state index contributed by atoms with van der Waals surface area (Å²) in [5.41, 5.74) is 0.760. The highest BCUT2D eigenvalue weighted by Gasteiger charge is 2.14. The van der Waals surface area contributed by atoms with Gasteiger partial charge in [-0.05, 0) is 13.0 Å². The zero-order chi connectivity index (χ0) is 12.1. The van der Waals surface area contributed by atoms with Crippen LogP contribution in [0.15, 0.2) is 30.9 Å². The van der Waals surface area contributed by atoms with Crippen LogP contribution in [0.4, 0.5) is 5.69 Å². The number of carbonyl (C=O) groups excluding carboxylic acids is 1. The number of nitrogens with zero attached hydrogens (tertiary/aromatic N) is 1. The van der Waals surface area contributed by atoms with Crippen molar-refractivity contribution in [2.75, 3.05) is 6.54 Å². The number of carbonyl (C=O) groups is 1. The number of amides is 1. The number of hydrogen-bond donors (Lipinski definition) is 1. The van der Waals surface area contributed by atoms with Crippen molar-refractivity contribution in [3.63, 3.8) is 0 Å². The SMILES string of the molecule is C=CCNC(=O)c1ccc(C)c([N+](=O)[O-])c1. The highest BCUT2D eigenvalue weighted by Crippen LogP contribution is 2.18. The first-order chi connectivity index (χ1) is 7.56. The Hall–Kier alpha value is -2.17. The van der Waals surface area contributed by atoms with Crippen LogP contribution in [0.5, 0.6) is 0 Å². The molecule has 1 N–H and O–H groups in total. The monoisotopic (exact) mass is 220 g/mol. The number of nitro benzene ring substituents is 1. The fraction of sp³-hybridized carbons (Fsp3) is 0.182. The van der Waals surface area contributed by atoms with E-state index >= 15 is 0 Å². The van der Waals surface area contributed by atoms with E-state index in [1.807, 2.05) is 0 Å². The largest absolute Gasteiger partial charge is 0.349 e. The highest BCUT2D eigenvalue weighted by molar-refractivity contribution is 5.95. The normalized spacial score (nSPS) is 9.56. The Morgan fingerprint density at radius 2 is 2.31 bits per heavy atom. The molecule has 0 unspecified atom stereocenters. The molecular weight excluding hydrogens is 208 g/mol. The van der Waals surface area contributed by atoms with E-state index in [1.54, 1.807) is 25.1 Å². The van der Waals surface area contributed by atoms with E-state index in [1.165, 1.54) is 6.07 Å². The van der Waals surface area contributed by atoms with Gasteiger partial charge in [-0.25, -0.2) is 0 Å². The minimum atomic E-state index is -0.500. The molecule has 0 radical (unpaired) electrons. The lowest BCUT2D eigenvalue weighted by Crippen LogP contribution is -2.23. The third-order valence-electron chi connectivity index (χ3n) is 2.07. The van der Waals surface area contributed by atoms with E-state index in [9.17, 15) is 14.9 Å². The first kappa shape index (κ1) is 11.9. The second-order valence-electron chi connectivity index (χ2n) is 3.26. The summed E-state index contributed by atoms with van der Waals surface area (Å²) in [6.07, 6.45) is 1.54. The zero-order valence-corrected chi connectivity index (χ0v) is 8.90. The van der Waals surface area contributed by atoms with E-state index in [-0.39, 0.29) is 17.2 Å². The number of hydrogen-bond acceptors (Lipinski definition) is 3. The molecule has 0 aliphatic carbocycles. The number of rotatable bonds is 4. The summed E-state index contributed by atoms with van der Waals surface area (Å²) in [7, 11) is 0. The number of aryl methyl sites for hydroxylation is 1. The van der Waals surface area contributed by atoms with E-state index in [0.29, 0.717) is 12.1 Å². The zero-order valence-electron chi connectivity index (χ0n) is 8.90. The fourth-order valence-corrected chi connectivity index (χ4v) is 1.21. The van der Waals surface area contributed by atoms with E-state index in [2.05, 4.69) is 11.9 Å². The predicted octanol–water partition coefficient (Wildman–Crippen LogP) is 1.82. The molecule has 0 atom stereocenters. The van der Waals surface area contributed by atoms with Gasteiger partial charge in [0.1, 0.15) is 0 Å². The van der Waals surface area contributed by atoms with Crippen LogP contribution in [0, 0.1) is 17.0 Å². The van der Waals surface area contributed by atoms with Gasteiger partial charge >= 0.3 is 0 Å². The first-order valence-electron chi connectivity index (χ1n) is 4.70. The van der Waals surface area contributed by atoms with Crippen molar-refractivity contribution in [1.82, 2.24) is 5.32 Å². The van der Waals surface area contributed by atoms with Crippen LogP contribution in [0.2, 0.25) is 0 Å². The minimum Gasteiger partial charge on any atom is -0.349 e. The lowest BCUT2D eigenvalue weighted by atomic mass is 10.1. The maximum atomic E-state index is 11.5. The number of benzene rings is 1. The molecule has 0 aliphatic rings. The van der Waals surface area contributed by atoms with E-state index < -0.39 is 4.92 Å². The topological polar surface area (TPSA) is 72.2 Å². The Morgan fingerprint density at radius 1 is 1.62 bits per heavy atom. The molecular formula is C11H12N2O3. The maximum absolute atomic E-state index is 11.5. The van der Waals surface area contributed by atoms with Gasteiger partial charge in [0.25, 0.3) is 11.6 Å². The van der Waals surface area contributed by atoms with Crippen LogP contribution >= 0.6 is 0 Å². The van der Waals surface area contributed by atoms with Gasteiger partial charge < -0.3 is 5.32 Å². The Morgan fingerprint density at radius 3 is 2.88 bits per heavy atom. The van der Waals surface area contributed by atoms with Gasteiger partial charge in [0, 0.05) is 23.7 Å². The van der Waals surface area contributed by atoms with Crippen molar-refractivity contribution in [2.24, 2.45) is 0 Å². The summed E-state index contributed by atoms with van der Waals surface area (Å²) >= 11 is 0. The molecule has 0 heterocycles. The molecule has 16 heavy (non-hydrogen) atoms. The van der Waals surface area contributed by atoms with Crippen LogP contribution in [-0.4, -0.2) is 17.4 Å². The number of nitro groups is 1. The molecule has 1 amide bonds. The van der Waals surface area contributed by atoms with Gasteiger partial charge in [0.05, 0.1) is 4.92 Å². The molecule has 0 fully saturated rings. The van der Waals surface area contributed by atoms with Crippen LogP contribution in [0.3, 0.4) is 0 Å². The minimum absolute atomic E-state index is 0.0498. The molecule has 0 aromatic heterocycles. The molecule has 5 nitrogen and oxygen atoms in total. The Kier molecular flexibility index (Phi) is 3.77. The van der Waals surface area contributed by atoms with Crippen molar-refractivity contribution < 1.29 is 9.72 Å². The van der Waals surface area contributed by atoms with Gasteiger partial charge in [-0.1, -0.05) is 12.1 Å². The summed E-state index contributed by atoms with van der Waals surface area (Å²) in [4.78, 5) is 21.7. The summed E-state index contributed by atoms with van der Waals surface area (Å²) in [6, 6.07) is 4.38. The smallest absolute Gasteiger partial charge is 0.273 e. The third kappa shape index (κ3) is 2.66. The lowest BCUT2D eigenvalue weighted by Gasteiger charge is -2.03. The van der Waals surface area contributed by atoms with Crippen molar-refractivity contribution >= 4 is 11.6 Å². The summed E-state index contributed by atoms with van der Waals surface area (Å²) < 4.78 is 0. The van der Waals surface area contributed by atoms with E-state index in [0.717, 1.165) is 0 Å². The Bertz CT molecular complexity index is 441. The molecule has 1 aromatic rings. The van der Waals surface area contributed by atoms with Crippen LogP contribution in [0.1, 0.15) is 15.9 Å². The molecule has 0 saturated heterocycles. The molecule has 0 saturated carbocycles. The van der Waals surface area contributed by atoms with Crippen molar-refractivity contribution in [3.05, 3.63) is 52.1 Å². The van der Waals surface area contributed by atoms with Gasteiger partial charge in [-0.3, -0.25) is 14.9 Å². The standard InChI is InChI=1S/C11H12N2O3/c1-3-6-12-11(14)9-5-4-8(2)10(7-9)13(15)16/h3-5,7H,1,6H2,2H3,(H,12,14). The van der Waals surface area contributed by atoms with Crippen LogP contribution in [-0.2, 0) is 0 Å². The summed E-state index contributed by atoms with van der Waals surface area (Å²) in [5, 5.41) is 13.2. The Balaban J connectivity index is 2.98. The van der Waals surface area contributed by atoms with Crippen molar-refractivity contribution in [1.29, 1.82) is 0 Å². The highest BCUT2D eigenvalue weighted by atomic mass is 16.6. The molecule has 0 bridgehead atoms. The first-order valence-corrected chi connectivity index (χ1v) is 4.70. The molecule has 5 heteroatoms. The van der Waals surface area contributed by atoms with Crippen molar-refractivity contribution in [3.8, 4) is 0 Å². The summed E-state index contributed by atoms with van der Waals surface area (Å²) in [6.45, 7) is 5.43. The third-order valence-corrected chi connectivity index (χ3v) is 2.07. The Labute approximate surface area is 92.9 Å². The molecule has 84 valence electrons. The van der Waals surface area contributed by atoms with Gasteiger partial charge in [-0.2, -0.15) is 0 Å². The van der Waals surface area contributed by atoms with E-state index in [4.69, 9.17) is 0 Å². The molecule has 0 spiro atoms. The summed E-state index contributed by atoms with van der Waals surface area (Å²) in [5.74, 6) is -0.344.